The zero-order valence-electron chi connectivity index (χ0n) is 16.9. The SMILES string of the molecule is COc1ccc(CC(=O)Nc2ccccc2S(=O)(=O)N(C)C2CCCCC2)cc1. The molecule has 0 bridgehead atoms. The molecule has 29 heavy (non-hydrogen) atoms. The first kappa shape index (κ1) is 21.3. The molecule has 2 aromatic carbocycles. The minimum atomic E-state index is -3.69. The first-order valence-corrected chi connectivity index (χ1v) is 11.4. The Hall–Kier alpha value is -2.38. The van der Waals surface area contributed by atoms with E-state index in [1.54, 1.807) is 50.6 Å². The van der Waals surface area contributed by atoms with Gasteiger partial charge in [0.2, 0.25) is 15.9 Å². The molecule has 7 heteroatoms. The fourth-order valence-electron chi connectivity index (χ4n) is 3.71. The molecule has 1 aliphatic carbocycles. The van der Waals surface area contributed by atoms with E-state index in [-0.39, 0.29) is 23.3 Å². The maximum Gasteiger partial charge on any atom is 0.245 e. The standard InChI is InChI=1S/C22H28N2O4S/c1-24(18-8-4-3-5-9-18)29(26,27)21-11-7-6-10-20(21)23-22(25)16-17-12-14-19(28-2)15-13-17/h6-7,10-15,18H,3-5,8-9,16H2,1-2H3,(H,23,25). The van der Waals surface area contributed by atoms with Gasteiger partial charge in [-0.05, 0) is 42.7 Å². The number of carbonyl (C=O) groups is 1. The van der Waals surface area contributed by atoms with Crippen LogP contribution < -0.4 is 10.1 Å². The second-order valence-corrected chi connectivity index (χ2v) is 9.35. The van der Waals surface area contributed by atoms with E-state index in [1.807, 2.05) is 12.1 Å². The molecule has 6 nitrogen and oxygen atoms in total. The van der Waals surface area contributed by atoms with E-state index < -0.39 is 10.0 Å². The molecule has 1 N–H and O–H groups in total. The highest BCUT2D eigenvalue weighted by atomic mass is 32.2. The molecule has 0 spiro atoms. The first-order valence-electron chi connectivity index (χ1n) is 9.91. The number of amides is 1. The summed E-state index contributed by atoms with van der Waals surface area (Å²) in [7, 11) is -0.468. The van der Waals surface area contributed by atoms with Crippen molar-refractivity contribution >= 4 is 21.6 Å². The second kappa shape index (κ2) is 9.41. The summed E-state index contributed by atoms with van der Waals surface area (Å²) in [5, 5.41) is 2.78. The van der Waals surface area contributed by atoms with Gasteiger partial charge in [-0.2, -0.15) is 4.31 Å². The summed E-state index contributed by atoms with van der Waals surface area (Å²) < 4.78 is 33.0. The number of benzene rings is 2. The van der Waals surface area contributed by atoms with E-state index >= 15 is 0 Å². The monoisotopic (exact) mass is 416 g/mol. The molecule has 0 aromatic heterocycles. The van der Waals surface area contributed by atoms with Crippen molar-refractivity contribution in [2.24, 2.45) is 0 Å². The normalized spacial score (nSPS) is 15.3. The predicted molar refractivity (Wildman–Crippen MR) is 114 cm³/mol. The third-order valence-electron chi connectivity index (χ3n) is 5.43. The van der Waals surface area contributed by atoms with Gasteiger partial charge in [-0.3, -0.25) is 4.79 Å². The number of anilines is 1. The highest BCUT2D eigenvalue weighted by Crippen LogP contribution is 2.29. The number of sulfonamides is 1. The van der Waals surface area contributed by atoms with Crippen LogP contribution in [0.2, 0.25) is 0 Å². The van der Waals surface area contributed by atoms with Crippen LogP contribution in [0.15, 0.2) is 53.4 Å². The van der Waals surface area contributed by atoms with Crippen LogP contribution in [0.5, 0.6) is 5.75 Å². The fraction of sp³-hybridized carbons (Fsp3) is 0.409. The van der Waals surface area contributed by atoms with Crippen LogP contribution in [0.1, 0.15) is 37.7 Å². The Morgan fingerprint density at radius 1 is 1.07 bits per heavy atom. The summed E-state index contributed by atoms with van der Waals surface area (Å²) in [4.78, 5) is 12.7. The molecule has 1 saturated carbocycles. The number of methoxy groups -OCH3 is 1. The van der Waals surface area contributed by atoms with Crippen molar-refractivity contribution in [1.82, 2.24) is 4.31 Å². The van der Waals surface area contributed by atoms with Gasteiger partial charge in [-0.1, -0.05) is 43.5 Å². The lowest BCUT2D eigenvalue weighted by atomic mass is 9.96. The molecule has 0 unspecified atom stereocenters. The number of rotatable bonds is 7. The van der Waals surface area contributed by atoms with Crippen molar-refractivity contribution in [1.29, 1.82) is 0 Å². The fourth-order valence-corrected chi connectivity index (χ4v) is 5.28. The van der Waals surface area contributed by atoms with Crippen molar-refractivity contribution in [2.75, 3.05) is 19.5 Å². The molecule has 1 amide bonds. The molecule has 3 rings (SSSR count). The van der Waals surface area contributed by atoms with E-state index in [9.17, 15) is 13.2 Å². The summed E-state index contributed by atoms with van der Waals surface area (Å²) in [5.41, 5.74) is 1.14. The van der Waals surface area contributed by atoms with Gasteiger partial charge in [0.1, 0.15) is 10.6 Å². The van der Waals surface area contributed by atoms with Crippen LogP contribution in [0.4, 0.5) is 5.69 Å². The average molecular weight is 417 g/mol. The van der Waals surface area contributed by atoms with E-state index in [0.717, 1.165) is 43.4 Å². The maximum atomic E-state index is 13.2. The molecule has 0 saturated heterocycles. The molecule has 156 valence electrons. The third-order valence-corrected chi connectivity index (χ3v) is 7.40. The Bertz CT molecular complexity index is 936. The smallest absolute Gasteiger partial charge is 0.245 e. The highest BCUT2D eigenvalue weighted by molar-refractivity contribution is 7.89. The lowest BCUT2D eigenvalue weighted by Gasteiger charge is -2.30. The van der Waals surface area contributed by atoms with Gasteiger partial charge in [0.05, 0.1) is 19.2 Å². The topological polar surface area (TPSA) is 75.7 Å². The van der Waals surface area contributed by atoms with Crippen molar-refractivity contribution in [3.8, 4) is 5.75 Å². The molecule has 0 radical (unpaired) electrons. The van der Waals surface area contributed by atoms with E-state index in [0.29, 0.717) is 5.69 Å². The quantitative estimate of drug-likeness (QED) is 0.744. The minimum absolute atomic E-state index is 0.0109. The minimum Gasteiger partial charge on any atom is -0.497 e. The molecule has 1 fully saturated rings. The summed E-state index contributed by atoms with van der Waals surface area (Å²) in [5.74, 6) is 0.453. The Morgan fingerprint density at radius 3 is 2.38 bits per heavy atom. The largest absolute Gasteiger partial charge is 0.497 e. The van der Waals surface area contributed by atoms with Gasteiger partial charge in [-0.15, -0.1) is 0 Å². The Labute approximate surface area is 172 Å². The predicted octanol–water partition coefficient (Wildman–Crippen LogP) is 3.83. The van der Waals surface area contributed by atoms with E-state index in [4.69, 9.17) is 4.74 Å². The number of hydrogen-bond donors (Lipinski definition) is 1. The van der Waals surface area contributed by atoms with Crippen molar-refractivity contribution in [3.63, 3.8) is 0 Å². The number of nitrogens with one attached hydrogen (secondary N) is 1. The van der Waals surface area contributed by atoms with E-state index in [1.165, 1.54) is 4.31 Å². The van der Waals surface area contributed by atoms with Crippen LogP contribution in [0.25, 0.3) is 0 Å². The van der Waals surface area contributed by atoms with Crippen molar-refractivity contribution in [3.05, 3.63) is 54.1 Å². The van der Waals surface area contributed by atoms with Crippen LogP contribution in [-0.2, 0) is 21.2 Å². The van der Waals surface area contributed by atoms with Crippen LogP contribution in [-0.4, -0.2) is 38.8 Å². The van der Waals surface area contributed by atoms with Crippen LogP contribution in [0.3, 0.4) is 0 Å². The second-order valence-electron chi connectivity index (χ2n) is 7.38. The molecular weight excluding hydrogens is 388 g/mol. The van der Waals surface area contributed by atoms with Gasteiger partial charge in [-0.25, -0.2) is 8.42 Å². The Balaban J connectivity index is 1.76. The first-order chi connectivity index (χ1) is 13.9. The molecular formula is C22H28N2O4S. The molecule has 1 aliphatic rings. The number of nitrogens with zero attached hydrogens (tertiary/aromatic N) is 1. The Morgan fingerprint density at radius 2 is 1.72 bits per heavy atom. The Kier molecular flexibility index (Phi) is 6.92. The molecule has 0 aliphatic heterocycles. The zero-order valence-corrected chi connectivity index (χ0v) is 17.7. The van der Waals surface area contributed by atoms with Gasteiger partial charge >= 0.3 is 0 Å². The summed E-state index contributed by atoms with van der Waals surface area (Å²) in [6, 6.07) is 13.8. The molecule has 2 aromatic rings. The van der Waals surface area contributed by atoms with Gasteiger partial charge < -0.3 is 10.1 Å². The van der Waals surface area contributed by atoms with Gasteiger partial charge in [0.25, 0.3) is 0 Å². The highest BCUT2D eigenvalue weighted by Gasteiger charge is 2.30. The summed E-state index contributed by atoms with van der Waals surface area (Å²) >= 11 is 0. The van der Waals surface area contributed by atoms with Crippen molar-refractivity contribution < 1.29 is 17.9 Å². The lowest BCUT2D eigenvalue weighted by Crippen LogP contribution is -2.38. The van der Waals surface area contributed by atoms with Crippen LogP contribution in [0, 0.1) is 0 Å². The lowest BCUT2D eigenvalue weighted by molar-refractivity contribution is -0.115. The van der Waals surface area contributed by atoms with Crippen molar-refractivity contribution in [2.45, 2.75) is 49.5 Å². The zero-order chi connectivity index (χ0) is 20.9. The maximum absolute atomic E-state index is 13.2. The van der Waals surface area contributed by atoms with Crippen LogP contribution >= 0.6 is 0 Å². The van der Waals surface area contributed by atoms with E-state index in [2.05, 4.69) is 5.32 Å². The number of carbonyl (C=O) groups excluding carboxylic acids is 1. The van der Waals surface area contributed by atoms with Gasteiger partial charge in [0.15, 0.2) is 0 Å². The summed E-state index contributed by atoms with van der Waals surface area (Å²) in [6.07, 6.45) is 5.15. The summed E-state index contributed by atoms with van der Waals surface area (Å²) in [6.45, 7) is 0. The molecule has 0 atom stereocenters. The number of hydrogen-bond acceptors (Lipinski definition) is 4. The number of para-hydroxylation sites is 1. The number of ether oxygens (including phenoxy) is 1. The molecule has 0 heterocycles. The van der Waals surface area contributed by atoms with Gasteiger partial charge in [0, 0.05) is 13.1 Å². The third kappa shape index (κ3) is 5.16. The average Bonchev–Trinajstić information content (AvgIpc) is 2.74.